The van der Waals surface area contributed by atoms with E-state index in [4.69, 9.17) is 11.5 Å². The van der Waals surface area contributed by atoms with Gasteiger partial charge in [0.25, 0.3) is 5.91 Å². The van der Waals surface area contributed by atoms with Gasteiger partial charge in [-0.05, 0) is 30.9 Å². The molecule has 1 aromatic rings. The van der Waals surface area contributed by atoms with Crippen LogP contribution in [-0.2, 0) is 0 Å². The zero-order valence-electron chi connectivity index (χ0n) is 9.82. The summed E-state index contributed by atoms with van der Waals surface area (Å²) in [7, 11) is 0. The lowest BCUT2D eigenvalue weighted by Crippen LogP contribution is -2.11. The molecule has 1 heterocycles. The van der Waals surface area contributed by atoms with Crippen LogP contribution in [0.1, 0.15) is 41.4 Å². The fourth-order valence-electron chi connectivity index (χ4n) is 2.07. The molecule has 0 aliphatic heterocycles. The van der Waals surface area contributed by atoms with Crippen molar-refractivity contribution in [2.75, 3.05) is 5.73 Å². The van der Waals surface area contributed by atoms with E-state index in [9.17, 15) is 4.79 Å². The van der Waals surface area contributed by atoms with Crippen LogP contribution in [0, 0.1) is 0 Å². The number of allylic oxidation sites excluding steroid dienone is 4. The van der Waals surface area contributed by atoms with Gasteiger partial charge in [-0.15, -0.1) is 11.3 Å². The molecule has 1 amide bonds. The lowest BCUT2D eigenvalue weighted by Gasteiger charge is -2.13. The second-order valence-electron chi connectivity index (χ2n) is 4.06. The second kappa shape index (κ2) is 4.75. The zero-order valence-corrected chi connectivity index (χ0v) is 10.6. The van der Waals surface area contributed by atoms with Crippen molar-refractivity contribution in [2.24, 2.45) is 5.73 Å². The van der Waals surface area contributed by atoms with Crippen LogP contribution in [0.2, 0.25) is 0 Å². The molecular weight excluding hydrogens is 232 g/mol. The van der Waals surface area contributed by atoms with Gasteiger partial charge in [-0.3, -0.25) is 4.79 Å². The first kappa shape index (κ1) is 11.9. The maximum Gasteiger partial charge on any atom is 0.251 e. The maximum absolute atomic E-state index is 11.2. The summed E-state index contributed by atoms with van der Waals surface area (Å²) >= 11 is 1.44. The number of hydrogen-bond acceptors (Lipinski definition) is 3. The molecule has 0 unspecified atom stereocenters. The molecule has 0 fully saturated rings. The number of nitrogens with two attached hydrogens (primary N) is 2. The Morgan fingerprint density at radius 3 is 2.88 bits per heavy atom. The third-order valence-corrected chi connectivity index (χ3v) is 3.99. The first-order valence-electron chi connectivity index (χ1n) is 5.71. The summed E-state index contributed by atoms with van der Waals surface area (Å²) in [5.41, 5.74) is 14.2. The molecule has 0 bridgehead atoms. The van der Waals surface area contributed by atoms with Gasteiger partial charge in [-0.2, -0.15) is 0 Å². The largest absolute Gasteiger partial charge is 0.390 e. The van der Waals surface area contributed by atoms with E-state index in [1.165, 1.54) is 22.5 Å². The van der Waals surface area contributed by atoms with Crippen molar-refractivity contribution >= 4 is 27.8 Å². The molecule has 1 aliphatic rings. The Morgan fingerprint density at radius 2 is 2.29 bits per heavy atom. The molecule has 4 N–H and O–H groups in total. The number of rotatable bonds is 3. The number of amides is 1. The van der Waals surface area contributed by atoms with Gasteiger partial charge >= 0.3 is 0 Å². The van der Waals surface area contributed by atoms with Gasteiger partial charge in [0, 0.05) is 4.88 Å². The van der Waals surface area contributed by atoms with Crippen molar-refractivity contribution < 1.29 is 4.79 Å². The van der Waals surface area contributed by atoms with E-state index in [2.05, 4.69) is 19.1 Å². The van der Waals surface area contributed by atoms with Crippen LogP contribution in [0.5, 0.6) is 0 Å². The van der Waals surface area contributed by atoms with Crippen molar-refractivity contribution in [1.29, 1.82) is 0 Å². The molecule has 1 aliphatic carbocycles. The molecule has 0 aromatic carbocycles. The van der Waals surface area contributed by atoms with Crippen molar-refractivity contribution in [1.82, 2.24) is 0 Å². The average Bonchev–Trinajstić information content (AvgIpc) is 2.71. The maximum atomic E-state index is 11.2. The van der Waals surface area contributed by atoms with Gasteiger partial charge < -0.3 is 11.5 Å². The van der Waals surface area contributed by atoms with E-state index in [1.54, 1.807) is 0 Å². The summed E-state index contributed by atoms with van der Waals surface area (Å²) in [5.74, 6) is -0.455. The van der Waals surface area contributed by atoms with E-state index >= 15 is 0 Å². The summed E-state index contributed by atoms with van der Waals surface area (Å²) in [6, 6.07) is 1.81. The molecule has 0 spiro atoms. The van der Waals surface area contributed by atoms with Crippen LogP contribution < -0.4 is 11.5 Å². The Morgan fingerprint density at radius 1 is 1.53 bits per heavy atom. The smallest absolute Gasteiger partial charge is 0.251 e. The number of carbonyl (C=O) groups excluding carboxylic acids is 1. The normalized spacial score (nSPS) is 15.4. The molecule has 17 heavy (non-hydrogen) atoms. The van der Waals surface area contributed by atoms with Gasteiger partial charge in [-0.1, -0.05) is 24.6 Å². The second-order valence-corrected chi connectivity index (χ2v) is 5.15. The third kappa shape index (κ3) is 2.26. The summed E-state index contributed by atoms with van der Waals surface area (Å²) in [4.78, 5) is 12.2. The number of hydrogen-bond donors (Lipinski definition) is 2. The molecule has 0 saturated carbocycles. The van der Waals surface area contributed by atoms with E-state index in [0.29, 0.717) is 10.6 Å². The van der Waals surface area contributed by atoms with Crippen LogP contribution >= 0.6 is 11.3 Å². The fraction of sp³-hybridized carbons (Fsp3) is 0.308. The van der Waals surface area contributed by atoms with E-state index < -0.39 is 5.91 Å². The summed E-state index contributed by atoms with van der Waals surface area (Å²) < 4.78 is 0. The molecule has 2 rings (SSSR count). The monoisotopic (exact) mass is 248 g/mol. The summed E-state index contributed by atoms with van der Waals surface area (Å²) in [6.07, 6.45) is 7.50. The molecule has 0 atom stereocenters. The highest BCUT2D eigenvalue weighted by Gasteiger charge is 2.16. The van der Waals surface area contributed by atoms with Gasteiger partial charge in [0.05, 0.1) is 10.6 Å². The van der Waals surface area contributed by atoms with Crippen molar-refractivity contribution in [2.45, 2.75) is 26.2 Å². The zero-order chi connectivity index (χ0) is 12.4. The van der Waals surface area contributed by atoms with Gasteiger partial charge in [-0.25, -0.2) is 0 Å². The SMILES string of the molecule is CCC1=C(c2cc(C(N)=O)c(N)s2)C=CCC1. The van der Waals surface area contributed by atoms with E-state index in [0.717, 1.165) is 24.1 Å². The van der Waals surface area contributed by atoms with E-state index in [-0.39, 0.29) is 0 Å². The topological polar surface area (TPSA) is 69.1 Å². The van der Waals surface area contributed by atoms with Crippen LogP contribution in [-0.4, -0.2) is 5.91 Å². The minimum absolute atomic E-state index is 0.437. The molecule has 0 saturated heterocycles. The molecule has 3 nitrogen and oxygen atoms in total. The van der Waals surface area contributed by atoms with Crippen LogP contribution in [0.15, 0.2) is 23.8 Å². The van der Waals surface area contributed by atoms with Crippen molar-refractivity contribution in [3.63, 3.8) is 0 Å². The highest BCUT2D eigenvalue weighted by atomic mass is 32.1. The number of carbonyl (C=O) groups is 1. The Balaban J connectivity index is 2.46. The minimum atomic E-state index is -0.455. The van der Waals surface area contributed by atoms with Gasteiger partial charge in [0.1, 0.15) is 0 Å². The first-order valence-corrected chi connectivity index (χ1v) is 6.53. The first-order chi connectivity index (χ1) is 8.13. The highest BCUT2D eigenvalue weighted by molar-refractivity contribution is 7.17. The van der Waals surface area contributed by atoms with Crippen LogP contribution in [0.4, 0.5) is 5.00 Å². The van der Waals surface area contributed by atoms with Crippen molar-refractivity contribution in [3.05, 3.63) is 34.2 Å². The van der Waals surface area contributed by atoms with Crippen molar-refractivity contribution in [3.8, 4) is 0 Å². The highest BCUT2D eigenvalue weighted by Crippen LogP contribution is 2.36. The number of nitrogen functional groups attached to an aromatic ring is 1. The number of primary amides is 1. The number of anilines is 1. The minimum Gasteiger partial charge on any atom is -0.390 e. The molecule has 4 heteroatoms. The van der Waals surface area contributed by atoms with Gasteiger partial charge in [0.15, 0.2) is 0 Å². The molecule has 1 aromatic heterocycles. The quantitative estimate of drug-likeness (QED) is 0.863. The Bertz CT molecular complexity index is 511. The lowest BCUT2D eigenvalue weighted by atomic mass is 9.94. The molecule has 0 radical (unpaired) electrons. The standard InChI is InChI=1S/C13H16N2OS/c1-2-8-5-3-4-6-9(8)11-7-10(12(14)16)13(15)17-11/h4,6-7H,2-3,5,15H2,1H3,(H2,14,16). The van der Waals surface area contributed by atoms with Crippen LogP contribution in [0.25, 0.3) is 5.57 Å². The molecular formula is C13H16N2OS. The predicted octanol–water partition coefficient (Wildman–Crippen LogP) is 2.94. The van der Waals surface area contributed by atoms with Crippen LogP contribution in [0.3, 0.4) is 0 Å². The Hall–Kier alpha value is -1.55. The average molecular weight is 248 g/mol. The Kier molecular flexibility index (Phi) is 3.33. The van der Waals surface area contributed by atoms with Gasteiger partial charge in [0.2, 0.25) is 0 Å². The third-order valence-electron chi connectivity index (χ3n) is 3.00. The number of thiophene rings is 1. The summed E-state index contributed by atoms with van der Waals surface area (Å²) in [6.45, 7) is 2.15. The Labute approximate surface area is 105 Å². The molecule has 90 valence electrons. The van der Waals surface area contributed by atoms with E-state index in [1.807, 2.05) is 6.07 Å². The summed E-state index contributed by atoms with van der Waals surface area (Å²) in [5, 5.41) is 0.509. The lowest BCUT2D eigenvalue weighted by molar-refractivity contribution is 0.100. The fourth-order valence-corrected chi connectivity index (χ4v) is 3.07. The predicted molar refractivity (Wildman–Crippen MR) is 72.8 cm³/mol.